The van der Waals surface area contributed by atoms with Crippen molar-refractivity contribution in [2.45, 2.75) is 51.1 Å². The number of hydrogen-bond donors (Lipinski definition) is 1. The molecule has 1 fully saturated rings. The highest BCUT2D eigenvalue weighted by Crippen LogP contribution is 2.59. The molecule has 0 aliphatic carbocycles. The Kier molecular flexibility index (Phi) is 8.70. The minimum absolute atomic E-state index is 0.174. The van der Waals surface area contributed by atoms with Crippen LogP contribution in [0.5, 0.6) is 0 Å². The number of amides is 3. The van der Waals surface area contributed by atoms with E-state index in [1.807, 2.05) is 91.9 Å². The molecule has 8 nitrogen and oxygen atoms in total. The van der Waals surface area contributed by atoms with E-state index in [2.05, 4.69) is 0 Å². The number of aliphatic hydroxyl groups is 1. The first-order chi connectivity index (χ1) is 22.6. The predicted molar refractivity (Wildman–Crippen MR) is 179 cm³/mol. The van der Waals surface area contributed by atoms with Crippen molar-refractivity contribution in [3.63, 3.8) is 0 Å². The van der Waals surface area contributed by atoms with Crippen LogP contribution in [0.25, 0.3) is 0 Å². The highest BCUT2D eigenvalue weighted by Gasteiger charge is 2.66. The predicted octanol–water partition coefficient (Wildman–Crippen LogP) is 6.80. The molecule has 2 aliphatic rings. The van der Waals surface area contributed by atoms with Crippen LogP contribution in [-0.2, 0) is 31.3 Å². The molecule has 242 valence electrons. The summed E-state index contributed by atoms with van der Waals surface area (Å²) in [6, 6.07) is 31.2. The zero-order valence-corrected chi connectivity index (χ0v) is 26.6. The van der Waals surface area contributed by atoms with Gasteiger partial charge in [-0.05, 0) is 80.4 Å². The third kappa shape index (κ3) is 5.59. The molecule has 1 saturated heterocycles. The van der Waals surface area contributed by atoms with E-state index in [0.717, 1.165) is 24.1 Å². The molecule has 4 atom stereocenters. The zero-order chi connectivity index (χ0) is 33.3. The summed E-state index contributed by atoms with van der Waals surface area (Å²) < 4.78 is 22.5. The van der Waals surface area contributed by atoms with Gasteiger partial charge < -0.3 is 14.7 Å². The molecule has 47 heavy (non-hydrogen) atoms. The summed E-state index contributed by atoms with van der Waals surface area (Å²) in [5.74, 6) is -1.61. The van der Waals surface area contributed by atoms with E-state index in [-0.39, 0.29) is 25.5 Å². The van der Waals surface area contributed by atoms with Crippen LogP contribution in [0.15, 0.2) is 103 Å². The van der Waals surface area contributed by atoms with Crippen molar-refractivity contribution < 1.29 is 28.6 Å². The molecular formula is C38H38FN3O5. The molecule has 0 bridgehead atoms. The Morgan fingerprint density at radius 3 is 1.91 bits per heavy atom. The molecule has 0 saturated carbocycles. The Labute approximate surface area is 274 Å². The van der Waals surface area contributed by atoms with Crippen LogP contribution in [0, 0.1) is 11.8 Å². The van der Waals surface area contributed by atoms with E-state index < -0.39 is 29.2 Å². The Bertz CT molecular complexity index is 1750. The number of para-hydroxylation sites is 2. The van der Waals surface area contributed by atoms with Gasteiger partial charge in [0.05, 0.1) is 18.3 Å². The minimum Gasteiger partial charge on any atom is -0.396 e. The van der Waals surface area contributed by atoms with Gasteiger partial charge in [0, 0.05) is 46.8 Å². The summed E-state index contributed by atoms with van der Waals surface area (Å²) in [6.45, 7) is 4.78. The van der Waals surface area contributed by atoms with Crippen LogP contribution in [0.3, 0.4) is 0 Å². The maximum Gasteiger partial charge on any atom is 0.264 e. The van der Waals surface area contributed by atoms with Gasteiger partial charge in [-0.15, -0.1) is 0 Å². The second-order valence-corrected chi connectivity index (χ2v) is 12.7. The third-order valence-corrected chi connectivity index (χ3v) is 9.47. The number of alkyl halides is 1. The number of carbonyl (C=O) groups excluding carboxylic acids is 3. The molecule has 0 unspecified atom stereocenters. The lowest BCUT2D eigenvalue weighted by atomic mass is 9.71. The number of benzene rings is 4. The van der Waals surface area contributed by atoms with Gasteiger partial charge in [-0.25, -0.2) is 4.39 Å². The second-order valence-electron chi connectivity index (χ2n) is 12.7. The fourth-order valence-corrected chi connectivity index (χ4v) is 7.40. The average molecular weight is 636 g/mol. The van der Waals surface area contributed by atoms with Crippen LogP contribution in [0.4, 0.5) is 32.8 Å². The van der Waals surface area contributed by atoms with Crippen molar-refractivity contribution in [1.29, 1.82) is 0 Å². The molecule has 0 radical (unpaired) electrons. The molecule has 9 heteroatoms. The van der Waals surface area contributed by atoms with Gasteiger partial charge in [0.25, 0.3) is 5.91 Å². The van der Waals surface area contributed by atoms with Gasteiger partial charge in [-0.1, -0.05) is 55.5 Å². The number of aliphatic hydroxyl groups excluding tert-OH is 1. The van der Waals surface area contributed by atoms with E-state index in [0.29, 0.717) is 28.3 Å². The minimum atomic E-state index is -1.70. The smallest absolute Gasteiger partial charge is 0.264 e. The van der Waals surface area contributed by atoms with Crippen LogP contribution >= 0.6 is 0 Å². The number of halogens is 1. The standard InChI is InChI=1S/C38H38FN3O5/c1-26-35(37(2,3)39)34(20-21-43)47-38(26)32-22-31(42(25-45)29-12-8-5-9-13-29)18-19-33(32)40(36(38)46)23-27-14-16-30(17-15-27)41(24-44)28-10-6-4-7-11-28/h4-19,22,24-26,34-35,43H,20-21,23H2,1-3H3/t26-,34+,35-,38+/m0/s1. The summed E-state index contributed by atoms with van der Waals surface area (Å²) in [5.41, 5.74) is 1.32. The van der Waals surface area contributed by atoms with Crippen molar-refractivity contribution in [2.75, 3.05) is 21.3 Å². The fourth-order valence-electron chi connectivity index (χ4n) is 7.40. The van der Waals surface area contributed by atoms with Gasteiger partial charge >= 0.3 is 0 Å². The number of rotatable bonds is 11. The lowest BCUT2D eigenvalue weighted by Crippen LogP contribution is -2.45. The number of ether oxygens (including phenoxy) is 1. The molecule has 6 rings (SSSR count). The maximum absolute atomic E-state index is 15.9. The summed E-state index contributed by atoms with van der Waals surface area (Å²) in [7, 11) is 0. The van der Waals surface area contributed by atoms with E-state index in [1.54, 1.807) is 23.1 Å². The van der Waals surface area contributed by atoms with Crippen molar-refractivity contribution in [3.05, 3.63) is 114 Å². The molecule has 2 aliphatic heterocycles. The lowest BCUT2D eigenvalue weighted by Gasteiger charge is -2.32. The van der Waals surface area contributed by atoms with Crippen LogP contribution in [0.1, 0.15) is 38.3 Å². The molecule has 1 N–H and O–H groups in total. The molecule has 2 heterocycles. The number of hydrogen-bond acceptors (Lipinski definition) is 5. The normalized spacial score (nSPS) is 21.9. The molecule has 3 amide bonds. The van der Waals surface area contributed by atoms with Crippen molar-refractivity contribution in [1.82, 2.24) is 0 Å². The summed E-state index contributed by atoms with van der Waals surface area (Å²) in [6.07, 6.45) is 0.943. The second kappa shape index (κ2) is 12.7. The number of nitrogens with zero attached hydrogens (tertiary/aromatic N) is 3. The monoisotopic (exact) mass is 635 g/mol. The van der Waals surface area contributed by atoms with Crippen LogP contribution in [-0.4, -0.2) is 42.2 Å². The van der Waals surface area contributed by atoms with Gasteiger partial charge in [-0.2, -0.15) is 0 Å². The fraction of sp³-hybridized carbons (Fsp3) is 0.289. The third-order valence-electron chi connectivity index (χ3n) is 9.47. The van der Waals surface area contributed by atoms with E-state index >= 15 is 4.39 Å². The highest BCUT2D eigenvalue weighted by atomic mass is 19.1. The Balaban J connectivity index is 1.42. The highest BCUT2D eigenvalue weighted by molar-refractivity contribution is 6.08. The Morgan fingerprint density at radius 1 is 0.851 bits per heavy atom. The largest absolute Gasteiger partial charge is 0.396 e. The molecule has 4 aromatic carbocycles. The van der Waals surface area contributed by atoms with E-state index in [4.69, 9.17) is 4.74 Å². The van der Waals surface area contributed by atoms with Crippen LogP contribution < -0.4 is 14.7 Å². The van der Waals surface area contributed by atoms with Crippen LogP contribution in [0.2, 0.25) is 0 Å². The van der Waals surface area contributed by atoms with Gasteiger partial charge in [0.2, 0.25) is 12.8 Å². The first kappa shape index (κ1) is 32.1. The molecule has 4 aromatic rings. The molecule has 0 aromatic heterocycles. The topological polar surface area (TPSA) is 90.4 Å². The zero-order valence-electron chi connectivity index (χ0n) is 26.6. The quantitative estimate of drug-likeness (QED) is 0.183. The Hall–Kier alpha value is -4.86. The van der Waals surface area contributed by atoms with E-state index in [1.165, 1.54) is 23.6 Å². The number of fused-ring (bicyclic) bond motifs is 2. The van der Waals surface area contributed by atoms with Gasteiger partial charge in [0.1, 0.15) is 5.67 Å². The average Bonchev–Trinajstić information content (AvgIpc) is 3.50. The van der Waals surface area contributed by atoms with Crippen molar-refractivity contribution >= 4 is 47.2 Å². The maximum atomic E-state index is 15.9. The molecule has 1 spiro atoms. The Morgan fingerprint density at radius 2 is 1.38 bits per heavy atom. The number of carbonyl (C=O) groups is 3. The first-order valence-electron chi connectivity index (χ1n) is 15.8. The van der Waals surface area contributed by atoms with Crippen molar-refractivity contribution in [2.24, 2.45) is 11.8 Å². The van der Waals surface area contributed by atoms with Gasteiger partial charge in [0.15, 0.2) is 5.60 Å². The lowest BCUT2D eigenvalue weighted by molar-refractivity contribution is -0.146. The SMILES string of the molecule is C[C@H]1[C@H](C(C)(C)F)[C@@H](CCO)O[C@]12C(=O)N(Cc1ccc(N(C=O)c3ccccc3)cc1)c1ccc(N(C=O)c3ccccc3)cc12. The molecular weight excluding hydrogens is 597 g/mol. The van der Waals surface area contributed by atoms with Crippen molar-refractivity contribution in [3.8, 4) is 0 Å². The summed E-state index contributed by atoms with van der Waals surface area (Å²) >= 11 is 0. The number of anilines is 5. The van der Waals surface area contributed by atoms with E-state index in [9.17, 15) is 19.5 Å². The van der Waals surface area contributed by atoms with Gasteiger partial charge in [-0.3, -0.25) is 24.2 Å². The summed E-state index contributed by atoms with van der Waals surface area (Å²) in [5, 5.41) is 9.89. The first-order valence-corrected chi connectivity index (χ1v) is 15.8. The summed E-state index contributed by atoms with van der Waals surface area (Å²) in [4.78, 5) is 43.8.